The molecular weight excluding hydrogens is 248 g/mol. The minimum absolute atomic E-state index is 0.120. The van der Waals surface area contributed by atoms with Crippen LogP contribution in [0.3, 0.4) is 0 Å². The van der Waals surface area contributed by atoms with Gasteiger partial charge in [0.05, 0.1) is 0 Å². The topological polar surface area (TPSA) is 54.4 Å². The molecule has 98 valence electrons. The largest absolute Gasteiger partial charge is 0.480 e. The normalized spacial score (nSPS) is 18.3. The van der Waals surface area contributed by atoms with Crippen molar-refractivity contribution in [2.45, 2.75) is 37.7 Å². The zero-order chi connectivity index (χ0) is 13.3. The van der Waals surface area contributed by atoms with Gasteiger partial charge in [-0.2, -0.15) is 0 Å². The number of hydrogen-bond acceptors (Lipinski definition) is 2. The Balaban J connectivity index is 2.12. The van der Waals surface area contributed by atoms with Crippen LogP contribution in [0, 0.1) is 19.8 Å². The third-order valence-corrected chi connectivity index (χ3v) is 4.94. The van der Waals surface area contributed by atoms with Crippen LogP contribution in [0.1, 0.15) is 29.5 Å². The molecule has 1 N–H and O–H groups in total. The fraction of sp³-hybridized carbons (Fsp3) is 0.500. The SMILES string of the molecule is Cc1cc(C)cc(CS(=O)C(C(=O)O)C2CC2)c1. The minimum Gasteiger partial charge on any atom is -0.480 e. The van der Waals surface area contributed by atoms with Gasteiger partial charge in [-0.1, -0.05) is 29.3 Å². The van der Waals surface area contributed by atoms with E-state index in [9.17, 15) is 9.00 Å². The smallest absolute Gasteiger partial charge is 0.319 e. The van der Waals surface area contributed by atoms with E-state index in [1.54, 1.807) is 0 Å². The third-order valence-electron chi connectivity index (χ3n) is 3.17. The van der Waals surface area contributed by atoms with Crippen molar-refractivity contribution in [3.8, 4) is 0 Å². The summed E-state index contributed by atoms with van der Waals surface area (Å²) in [5.41, 5.74) is 3.22. The van der Waals surface area contributed by atoms with Crippen LogP contribution in [-0.4, -0.2) is 20.5 Å². The lowest BCUT2D eigenvalue weighted by Crippen LogP contribution is -2.28. The third kappa shape index (κ3) is 3.19. The molecule has 2 unspecified atom stereocenters. The number of hydrogen-bond donors (Lipinski definition) is 1. The van der Waals surface area contributed by atoms with E-state index >= 15 is 0 Å². The summed E-state index contributed by atoms with van der Waals surface area (Å²) in [6.07, 6.45) is 1.80. The number of carboxylic acid groups (broad SMARTS) is 1. The molecule has 1 aliphatic carbocycles. The molecule has 0 bridgehead atoms. The van der Waals surface area contributed by atoms with E-state index < -0.39 is 22.0 Å². The monoisotopic (exact) mass is 266 g/mol. The summed E-state index contributed by atoms with van der Waals surface area (Å²) in [6.45, 7) is 3.99. The summed E-state index contributed by atoms with van der Waals surface area (Å²) in [5, 5.41) is 8.46. The van der Waals surface area contributed by atoms with Gasteiger partial charge in [-0.05, 0) is 38.2 Å². The molecule has 0 heterocycles. The molecule has 0 aromatic heterocycles. The summed E-state index contributed by atoms with van der Waals surface area (Å²) < 4.78 is 12.2. The predicted molar refractivity (Wildman–Crippen MR) is 71.9 cm³/mol. The molecule has 1 aliphatic rings. The van der Waals surface area contributed by atoms with Crippen molar-refractivity contribution in [3.63, 3.8) is 0 Å². The number of carbonyl (C=O) groups is 1. The van der Waals surface area contributed by atoms with Crippen LogP contribution in [-0.2, 0) is 21.3 Å². The lowest BCUT2D eigenvalue weighted by atomic mass is 10.1. The lowest BCUT2D eigenvalue weighted by molar-refractivity contribution is -0.136. The molecule has 0 aliphatic heterocycles. The second-order valence-electron chi connectivity index (χ2n) is 5.12. The fourth-order valence-electron chi connectivity index (χ4n) is 2.33. The van der Waals surface area contributed by atoms with Crippen molar-refractivity contribution in [2.24, 2.45) is 5.92 Å². The first kappa shape index (κ1) is 13.3. The van der Waals surface area contributed by atoms with E-state index in [-0.39, 0.29) is 5.92 Å². The van der Waals surface area contributed by atoms with Gasteiger partial charge in [-0.15, -0.1) is 0 Å². The highest BCUT2D eigenvalue weighted by Crippen LogP contribution is 2.36. The molecule has 2 rings (SSSR count). The molecule has 1 aromatic rings. The van der Waals surface area contributed by atoms with Crippen molar-refractivity contribution in [3.05, 3.63) is 34.9 Å². The van der Waals surface area contributed by atoms with E-state index in [2.05, 4.69) is 6.07 Å². The first-order chi connectivity index (χ1) is 8.47. The van der Waals surface area contributed by atoms with Gasteiger partial charge < -0.3 is 5.11 Å². The molecule has 1 saturated carbocycles. The van der Waals surface area contributed by atoms with E-state index in [4.69, 9.17) is 5.11 Å². The summed E-state index contributed by atoms with van der Waals surface area (Å²) in [7, 11) is -1.32. The van der Waals surface area contributed by atoms with Gasteiger partial charge >= 0.3 is 5.97 Å². The van der Waals surface area contributed by atoms with E-state index in [0.717, 1.165) is 29.5 Å². The molecule has 1 aromatic carbocycles. The van der Waals surface area contributed by atoms with E-state index in [1.165, 1.54) is 0 Å². The maximum atomic E-state index is 12.2. The van der Waals surface area contributed by atoms with Gasteiger partial charge in [0, 0.05) is 16.6 Å². The van der Waals surface area contributed by atoms with Gasteiger partial charge in [0.25, 0.3) is 0 Å². The van der Waals surface area contributed by atoms with Crippen molar-refractivity contribution in [1.29, 1.82) is 0 Å². The molecule has 3 nitrogen and oxygen atoms in total. The minimum atomic E-state index is -1.32. The number of benzene rings is 1. The van der Waals surface area contributed by atoms with Gasteiger partial charge in [-0.3, -0.25) is 9.00 Å². The van der Waals surface area contributed by atoms with Crippen LogP contribution >= 0.6 is 0 Å². The standard InChI is InChI=1S/C14H18O3S/c1-9-5-10(2)7-11(6-9)8-18(17)13(14(15)16)12-3-4-12/h5-7,12-13H,3-4,8H2,1-2H3,(H,15,16). The van der Waals surface area contributed by atoms with Gasteiger partial charge in [0.2, 0.25) is 0 Å². The molecule has 0 amide bonds. The molecule has 4 heteroatoms. The average molecular weight is 266 g/mol. The van der Waals surface area contributed by atoms with E-state index in [0.29, 0.717) is 5.75 Å². The highest BCUT2D eigenvalue weighted by atomic mass is 32.2. The summed E-state index contributed by atoms with van der Waals surface area (Å²) in [5.74, 6) is -0.454. The van der Waals surface area contributed by atoms with Crippen molar-refractivity contribution in [2.75, 3.05) is 0 Å². The molecule has 0 saturated heterocycles. The Morgan fingerprint density at radius 1 is 1.33 bits per heavy atom. The zero-order valence-corrected chi connectivity index (χ0v) is 11.5. The molecule has 2 atom stereocenters. The molecule has 1 fully saturated rings. The maximum absolute atomic E-state index is 12.2. The van der Waals surface area contributed by atoms with Crippen molar-refractivity contribution < 1.29 is 14.1 Å². The van der Waals surface area contributed by atoms with Crippen LogP contribution in [0.2, 0.25) is 0 Å². The average Bonchev–Trinajstić information content (AvgIpc) is 2.99. The van der Waals surface area contributed by atoms with Crippen LogP contribution in [0.4, 0.5) is 0 Å². The highest BCUT2D eigenvalue weighted by molar-refractivity contribution is 7.85. The lowest BCUT2D eigenvalue weighted by Gasteiger charge is -2.11. The zero-order valence-electron chi connectivity index (χ0n) is 10.7. The Hall–Kier alpha value is -1.16. The molecule has 0 radical (unpaired) electrons. The van der Waals surface area contributed by atoms with Crippen LogP contribution in [0.5, 0.6) is 0 Å². The van der Waals surface area contributed by atoms with Crippen LogP contribution < -0.4 is 0 Å². The number of aryl methyl sites for hydroxylation is 2. The molecular formula is C14H18O3S. The quantitative estimate of drug-likeness (QED) is 0.890. The Bertz CT molecular complexity index is 472. The van der Waals surface area contributed by atoms with Gasteiger partial charge in [0.1, 0.15) is 5.25 Å². The van der Waals surface area contributed by atoms with Gasteiger partial charge in [-0.25, -0.2) is 0 Å². The van der Waals surface area contributed by atoms with Gasteiger partial charge in [0.15, 0.2) is 0 Å². The predicted octanol–water partition coefficient (Wildman–Crippen LogP) is 2.42. The van der Waals surface area contributed by atoms with Crippen LogP contribution in [0.15, 0.2) is 18.2 Å². The summed E-state index contributed by atoms with van der Waals surface area (Å²) in [6, 6.07) is 6.02. The van der Waals surface area contributed by atoms with E-state index in [1.807, 2.05) is 26.0 Å². The Kier molecular flexibility index (Phi) is 3.85. The number of carboxylic acids is 1. The highest BCUT2D eigenvalue weighted by Gasteiger charge is 2.40. The van der Waals surface area contributed by atoms with Crippen molar-refractivity contribution in [1.82, 2.24) is 0 Å². The summed E-state index contributed by atoms with van der Waals surface area (Å²) in [4.78, 5) is 11.2. The van der Waals surface area contributed by atoms with Crippen molar-refractivity contribution >= 4 is 16.8 Å². The maximum Gasteiger partial charge on any atom is 0.319 e. The Morgan fingerprint density at radius 2 is 1.89 bits per heavy atom. The summed E-state index contributed by atoms with van der Waals surface area (Å²) >= 11 is 0. The second-order valence-corrected chi connectivity index (χ2v) is 6.68. The number of rotatable bonds is 5. The fourth-order valence-corrected chi connectivity index (χ4v) is 3.94. The Labute approximate surface area is 110 Å². The molecule has 0 spiro atoms. The Morgan fingerprint density at radius 3 is 2.33 bits per heavy atom. The second kappa shape index (κ2) is 5.22. The van der Waals surface area contributed by atoms with Crippen LogP contribution in [0.25, 0.3) is 0 Å². The first-order valence-corrected chi connectivity index (χ1v) is 7.52. The number of aliphatic carboxylic acids is 1. The molecule has 18 heavy (non-hydrogen) atoms. The first-order valence-electron chi connectivity index (χ1n) is 6.14.